The molecule has 3 N–H and O–H groups in total. The van der Waals surface area contributed by atoms with E-state index in [9.17, 15) is 14.7 Å². The summed E-state index contributed by atoms with van der Waals surface area (Å²) in [4.78, 5) is 26.5. The fourth-order valence-electron chi connectivity index (χ4n) is 2.47. The molecule has 0 radical (unpaired) electrons. The zero-order valence-corrected chi connectivity index (χ0v) is 11.5. The van der Waals surface area contributed by atoms with Crippen LogP contribution in [0.5, 0.6) is 0 Å². The molecule has 0 aromatic heterocycles. The summed E-state index contributed by atoms with van der Waals surface area (Å²) in [6.45, 7) is 4.95. The summed E-state index contributed by atoms with van der Waals surface area (Å²) in [6.07, 6.45) is 0. The van der Waals surface area contributed by atoms with Crippen LogP contribution < -0.4 is 5.73 Å². The van der Waals surface area contributed by atoms with Gasteiger partial charge in [0.25, 0.3) is 0 Å². The van der Waals surface area contributed by atoms with Crippen LogP contribution in [0.2, 0.25) is 0 Å². The molecule has 1 fully saturated rings. The van der Waals surface area contributed by atoms with Crippen LogP contribution >= 0.6 is 0 Å². The number of nitrogens with zero attached hydrogens (tertiary/aromatic N) is 2. The van der Waals surface area contributed by atoms with Crippen LogP contribution in [-0.4, -0.2) is 53.0 Å². The van der Waals surface area contributed by atoms with Crippen molar-refractivity contribution in [2.24, 2.45) is 0 Å². The number of carbonyl (C=O) groups is 2. The van der Waals surface area contributed by atoms with E-state index in [0.717, 1.165) is 13.1 Å². The van der Waals surface area contributed by atoms with Crippen LogP contribution in [-0.2, 0) is 11.3 Å². The van der Waals surface area contributed by atoms with Crippen molar-refractivity contribution in [1.82, 2.24) is 9.80 Å². The summed E-state index contributed by atoms with van der Waals surface area (Å²) in [7, 11) is 0. The van der Waals surface area contributed by atoms with Crippen LogP contribution in [0.1, 0.15) is 22.8 Å². The molecule has 1 amide bonds. The maximum atomic E-state index is 11.3. The van der Waals surface area contributed by atoms with Crippen LogP contribution in [0.4, 0.5) is 5.69 Å². The molecule has 0 bridgehead atoms. The molecule has 2 rings (SSSR count). The maximum Gasteiger partial charge on any atom is 0.338 e. The van der Waals surface area contributed by atoms with E-state index < -0.39 is 5.97 Å². The molecule has 0 unspecified atom stereocenters. The van der Waals surface area contributed by atoms with Gasteiger partial charge in [-0.05, 0) is 11.6 Å². The Morgan fingerprint density at radius 2 is 1.90 bits per heavy atom. The van der Waals surface area contributed by atoms with Crippen molar-refractivity contribution < 1.29 is 14.7 Å². The van der Waals surface area contributed by atoms with Gasteiger partial charge in [-0.3, -0.25) is 9.69 Å². The number of hydrogen-bond donors (Lipinski definition) is 2. The van der Waals surface area contributed by atoms with E-state index in [1.54, 1.807) is 30.0 Å². The topological polar surface area (TPSA) is 86.9 Å². The molecule has 0 aliphatic carbocycles. The number of benzene rings is 1. The van der Waals surface area contributed by atoms with Crippen molar-refractivity contribution >= 4 is 17.6 Å². The Labute approximate surface area is 117 Å². The summed E-state index contributed by atoms with van der Waals surface area (Å²) < 4.78 is 0. The second-order valence-electron chi connectivity index (χ2n) is 4.97. The van der Waals surface area contributed by atoms with Crippen LogP contribution in [0.25, 0.3) is 0 Å². The molecule has 0 saturated carbocycles. The van der Waals surface area contributed by atoms with Crippen molar-refractivity contribution in [2.45, 2.75) is 13.5 Å². The minimum atomic E-state index is -1.000. The van der Waals surface area contributed by atoms with Crippen molar-refractivity contribution in [3.05, 3.63) is 29.3 Å². The fraction of sp³-hybridized carbons (Fsp3) is 0.429. The van der Waals surface area contributed by atoms with Gasteiger partial charge in [-0.15, -0.1) is 0 Å². The lowest BCUT2D eigenvalue weighted by Crippen LogP contribution is -2.47. The molecule has 6 heteroatoms. The average molecular weight is 277 g/mol. The molecule has 108 valence electrons. The van der Waals surface area contributed by atoms with Gasteiger partial charge in [-0.1, -0.05) is 12.1 Å². The fourth-order valence-corrected chi connectivity index (χ4v) is 2.47. The molecule has 1 saturated heterocycles. The van der Waals surface area contributed by atoms with E-state index >= 15 is 0 Å². The van der Waals surface area contributed by atoms with Gasteiger partial charge in [0.15, 0.2) is 0 Å². The van der Waals surface area contributed by atoms with Crippen LogP contribution in [0, 0.1) is 0 Å². The number of piperazine rings is 1. The first-order valence-corrected chi connectivity index (χ1v) is 6.57. The summed E-state index contributed by atoms with van der Waals surface area (Å²) in [5.74, 6) is -0.916. The Morgan fingerprint density at radius 1 is 1.25 bits per heavy atom. The lowest BCUT2D eigenvalue weighted by atomic mass is 10.0. The van der Waals surface area contributed by atoms with Crippen LogP contribution in [0.3, 0.4) is 0 Å². The number of amides is 1. The molecule has 0 spiro atoms. The molecule has 20 heavy (non-hydrogen) atoms. The number of aromatic carboxylic acids is 1. The van der Waals surface area contributed by atoms with Gasteiger partial charge in [0.2, 0.25) is 5.91 Å². The largest absolute Gasteiger partial charge is 0.478 e. The molecular weight excluding hydrogens is 258 g/mol. The van der Waals surface area contributed by atoms with Gasteiger partial charge < -0.3 is 15.7 Å². The second-order valence-corrected chi connectivity index (χ2v) is 4.97. The first kappa shape index (κ1) is 14.3. The van der Waals surface area contributed by atoms with Gasteiger partial charge in [-0.2, -0.15) is 0 Å². The standard InChI is InChI=1S/C14H19N3O3/c1-10(18)17-7-5-16(6-8-17)9-11-3-2-4-12(15)13(11)14(19)20/h2-4H,5-9,15H2,1H3,(H,19,20). The highest BCUT2D eigenvalue weighted by Gasteiger charge is 2.21. The third-order valence-electron chi connectivity index (χ3n) is 3.61. The van der Waals surface area contributed by atoms with Crippen molar-refractivity contribution in [3.63, 3.8) is 0 Å². The highest BCUT2D eigenvalue weighted by Crippen LogP contribution is 2.19. The third-order valence-corrected chi connectivity index (χ3v) is 3.61. The maximum absolute atomic E-state index is 11.3. The summed E-state index contributed by atoms with van der Waals surface area (Å²) in [6, 6.07) is 5.15. The summed E-state index contributed by atoms with van der Waals surface area (Å²) in [5.41, 5.74) is 6.92. The second kappa shape index (κ2) is 5.92. The summed E-state index contributed by atoms with van der Waals surface area (Å²) >= 11 is 0. The number of carbonyl (C=O) groups excluding carboxylic acids is 1. The van der Waals surface area contributed by atoms with E-state index in [1.165, 1.54) is 0 Å². The first-order valence-electron chi connectivity index (χ1n) is 6.57. The van der Waals surface area contributed by atoms with Gasteiger partial charge in [0.05, 0.1) is 5.56 Å². The zero-order valence-electron chi connectivity index (χ0n) is 11.5. The molecule has 1 aliphatic heterocycles. The molecule has 1 aromatic carbocycles. The zero-order chi connectivity index (χ0) is 14.7. The molecule has 1 heterocycles. The van der Waals surface area contributed by atoms with Gasteiger partial charge in [0.1, 0.15) is 0 Å². The quantitative estimate of drug-likeness (QED) is 0.791. The number of rotatable bonds is 3. The molecule has 6 nitrogen and oxygen atoms in total. The third kappa shape index (κ3) is 3.08. The smallest absolute Gasteiger partial charge is 0.338 e. The molecule has 0 atom stereocenters. The van der Waals surface area contributed by atoms with Gasteiger partial charge in [-0.25, -0.2) is 4.79 Å². The minimum Gasteiger partial charge on any atom is -0.478 e. The van der Waals surface area contributed by atoms with Crippen molar-refractivity contribution in [1.29, 1.82) is 0 Å². The lowest BCUT2D eigenvalue weighted by molar-refractivity contribution is -0.130. The van der Waals surface area contributed by atoms with Crippen LogP contribution in [0.15, 0.2) is 18.2 Å². The number of anilines is 1. The SMILES string of the molecule is CC(=O)N1CCN(Cc2cccc(N)c2C(=O)O)CC1. The summed E-state index contributed by atoms with van der Waals surface area (Å²) in [5, 5.41) is 9.24. The number of carboxylic acids is 1. The highest BCUT2D eigenvalue weighted by molar-refractivity contribution is 5.95. The van der Waals surface area contributed by atoms with Gasteiger partial charge in [0, 0.05) is 45.3 Å². The Hall–Kier alpha value is -2.08. The average Bonchev–Trinajstić information content (AvgIpc) is 2.39. The van der Waals surface area contributed by atoms with E-state index in [0.29, 0.717) is 25.2 Å². The Kier molecular flexibility index (Phi) is 4.24. The first-order chi connectivity index (χ1) is 9.49. The Morgan fingerprint density at radius 3 is 2.45 bits per heavy atom. The number of nitrogen functional groups attached to an aromatic ring is 1. The molecular formula is C14H19N3O3. The van der Waals surface area contributed by atoms with E-state index in [1.807, 2.05) is 0 Å². The van der Waals surface area contributed by atoms with Gasteiger partial charge >= 0.3 is 5.97 Å². The number of nitrogens with two attached hydrogens (primary N) is 1. The van der Waals surface area contributed by atoms with Crippen molar-refractivity contribution in [3.8, 4) is 0 Å². The normalized spacial score (nSPS) is 16.1. The Balaban J connectivity index is 2.07. The van der Waals surface area contributed by atoms with E-state index in [2.05, 4.69) is 4.90 Å². The van der Waals surface area contributed by atoms with E-state index in [-0.39, 0.29) is 17.2 Å². The predicted octanol–water partition coefficient (Wildman–Crippen LogP) is 0.631. The molecule has 1 aliphatic rings. The van der Waals surface area contributed by atoms with E-state index in [4.69, 9.17) is 5.73 Å². The Bertz CT molecular complexity index is 522. The monoisotopic (exact) mass is 277 g/mol. The lowest BCUT2D eigenvalue weighted by Gasteiger charge is -2.34. The number of hydrogen-bond acceptors (Lipinski definition) is 4. The van der Waals surface area contributed by atoms with Crippen molar-refractivity contribution in [2.75, 3.05) is 31.9 Å². The highest BCUT2D eigenvalue weighted by atomic mass is 16.4. The minimum absolute atomic E-state index is 0.0832. The number of carboxylic acid groups (broad SMARTS) is 1. The predicted molar refractivity (Wildman–Crippen MR) is 75.3 cm³/mol. The molecule has 1 aromatic rings.